The number of amides is 1. The van der Waals surface area contributed by atoms with Gasteiger partial charge in [-0.15, -0.1) is 0 Å². The molecular weight excluding hydrogens is 178 g/mol. The second-order valence-corrected chi connectivity index (χ2v) is 3.16. The highest BCUT2D eigenvalue weighted by Gasteiger charge is 1.95. The van der Waals surface area contributed by atoms with E-state index in [0.717, 1.165) is 24.5 Å². The van der Waals surface area contributed by atoms with Crippen LogP contribution in [0, 0.1) is 6.92 Å². The molecule has 0 saturated heterocycles. The summed E-state index contributed by atoms with van der Waals surface area (Å²) in [4.78, 5) is 14.7. The first-order valence-corrected chi connectivity index (χ1v) is 4.64. The minimum Gasteiger partial charge on any atom is -0.370 e. The second-order valence-electron chi connectivity index (χ2n) is 3.16. The van der Waals surface area contributed by atoms with Gasteiger partial charge in [-0.2, -0.15) is 0 Å². The third-order valence-electron chi connectivity index (χ3n) is 1.79. The number of aryl methyl sites for hydroxylation is 1. The molecule has 0 saturated carbocycles. The maximum absolute atomic E-state index is 10.4. The van der Waals surface area contributed by atoms with Crippen molar-refractivity contribution in [2.24, 2.45) is 5.73 Å². The minimum atomic E-state index is -0.260. The van der Waals surface area contributed by atoms with E-state index in [1.807, 2.05) is 25.1 Å². The summed E-state index contributed by atoms with van der Waals surface area (Å²) in [6, 6.07) is 5.78. The van der Waals surface area contributed by atoms with Crippen molar-refractivity contribution < 1.29 is 4.79 Å². The molecule has 0 aliphatic rings. The molecule has 1 heterocycles. The number of hydrogen-bond donors (Lipinski definition) is 2. The molecule has 3 N–H and O–H groups in total. The lowest BCUT2D eigenvalue weighted by molar-refractivity contribution is -0.118. The Morgan fingerprint density at radius 2 is 2.36 bits per heavy atom. The number of anilines is 1. The van der Waals surface area contributed by atoms with Gasteiger partial charge in [0.1, 0.15) is 5.82 Å². The van der Waals surface area contributed by atoms with Crippen molar-refractivity contribution in [3.63, 3.8) is 0 Å². The van der Waals surface area contributed by atoms with E-state index in [9.17, 15) is 4.79 Å². The molecule has 76 valence electrons. The lowest BCUT2D eigenvalue weighted by Crippen LogP contribution is -2.13. The van der Waals surface area contributed by atoms with Crippen LogP contribution in [0.15, 0.2) is 18.2 Å². The van der Waals surface area contributed by atoms with Crippen molar-refractivity contribution in [1.82, 2.24) is 4.98 Å². The standard InChI is InChI=1S/C10H15N3O/c1-8-4-2-6-10(13-8)12-7-3-5-9(11)14/h2,4,6H,3,5,7H2,1H3,(H2,11,14)(H,12,13). The summed E-state index contributed by atoms with van der Waals surface area (Å²) in [7, 11) is 0. The highest BCUT2D eigenvalue weighted by Crippen LogP contribution is 2.03. The van der Waals surface area contributed by atoms with Crippen molar-refractivity contribution in [1.29, 1.82) is 0 Å². The summed E-state index contributed by atoms with van der Waals surface area (Å²) in [6.07, 6.45) is 1.16. The molecular formula is C10H15N3O. The average molecular weight is 193 g/mol. The van der Waals surface area contributed by atoms with Gasteiger partial charge in [0.05, 0.1) is 0 Å². The number of nitrogens with one attached hydrogen (secondary N) is 1. The molecule has 1 aromatic rings. The zero-order valence-corrected chi connectivity index (χ0v) is 8.29. The van der Waals surface area contributed by atoms with Gasteiger partial charge in [-0.3, -0.25) is 4.79 Å². The van der Waals surface area contributed by atoms with Gasteiger partial charge < -0.3 is 11.1 Å². The largest absolute Gasteiger partial charge is 0.370 e. The lowest BCUT2D eigenvalue weighted by Gasteiger charge is -2.04. The van der Waals surface area contributed by atoms with Gasteiger partial charge in [-0.25, -0.2) is 4.98 Å². The van der Waals surface area contributed by atoms with E-state index in [1.165, 1.54) is 0 Å². The van der Waals surface area contributed by atoms with Crippen LogP contribution in [-0.4, -0.2) is 17.4 Å². The number of carbonyl (C=O) groups is 1. The Balaban J connectivity index is 2.28. The molecule has 4 heteroatoms. The first kappa shape index (κ1) is 10.5. The maximum atomic E-state index is 10.4. The van der Waals surface area contributed by atoms with Crippen LogP contribution in [0.4, 0.5) is 5.82 Å². The van der Waals surface area contributed by atoms with Crippen LogP contribution in [0.1, 0.15) is 18.5 Å². The number of carbonyl (C=O) groups excluding carboxylic acids is 1. The van der Waals surface area contributed by atoms with E-state index >= 15 is 0 Å². The fourth-order valence-electron chi connectivity index (χ4n) is 1.12. The van der Waals surface area contributed by atoms with E-state index < -0.39 is 0 Å². The number of aromatic nitrogens is 1. The molecule has 0 fully saturated rings. The Kier molecular flexibility index (Phi) is 3.91. The number of hydrogen-bond acceptors (Lipinski definition) is 3. The molecule has 0 aromatic carbocycles. The normalized spacial score (nSPS) is 9.79. The zero-order chi connectivity index (χ0) is 10.4. The quantitative estimate of drug-likeness (QED) is 0.687. The Hall–Kier alpha value is -1.58. The van der Waals surface area contributed by atoms with E-state index in [2.05, 4.69) is 10.3 Å². The molecule has 0 aliphatic heterocycles. The van der Waals surface area contributed by atoms with Crippen molar-refractivity contribution in [3.8, 4) is 0 Å². The lowest BCUT2D eigenvalue weighted by atomic mass is 10.3. The first-order chi connectivity index (χ1) is 6.68. The summed E-state index contributed by atoms with van der Waals surface area (Å²) < 4.78 is 0. The molecule has 0 spiro atoms. The average Bonchev–Trinajstić information content (AvgIpc) is 2.12. The van der Waals surface area contributed by atoms with Gasteiger partial charge in [0.25, 0.3) is 0 Å². The maximum Gasteiger partial charge on any atom is 0.217 e. The van der Waals surface area contributed by atoms with Gasteiger partial charge >= 0.3 is 0 Å². The van der Waals surface area contributed by atoms with Crippen molar-refractivity contribution >= 4 is 11.7 Å². The van der Waals surface area contributed by atoms with Gasteiger partial charge in [0, 0.05) is 18.7 Å². The van der Waals surface area contributed by atoms with Crippen molar-refractivity contribution in [3.05, 3.63) is 23.9 Å². The van der Waals surface area contributed by atoms with Crippen LogP contribution in [0.25, 0.3) is 0 Å². The number of rotatable bonds is 5. The SMILES string of the molecule is Cc1cccc(NCCCC(N)=O)n1. The molecule has 1 aromatic heterocycles. The van der Waals surface area contributed by atoms with E-state index in [-0.39, 0.29) is 5.91 Å². The molecule has 4 nitrogen and oxygen atoms in total. The minimum absolute atomic E-state index is 0.260. The molecule has 0 aliphatic carbocycles. The molecule has 0 unspecified atom stereocenters. The monoisotopic (exact) mass is 193 g/mol. The van der Waals surface area contributed by atoms with Crippen molar-refractivity contribution in [2.45, 2.75) is 19.8 Å². The summed E-state index contributed by atoms with van der Waals surface area (Å²) in [5.41, 5.74) is 5.99. The van der Waals surface area contributed by atoms with Gasteiger partial charge in [-0.1, -0.05) is 6.07 Å². The number of nitrogens with zero attached hydrogens (tertiary/aromatic N) is 1. The van der Waals surface area contributed by atoms with E-state index in [1.54, 1.807) is 0 Å². The van der Waals surface area contributed by atoms with Gasteiger partial charge in [0.15, 0.2) is 0 Å². The van der Waals surface area contributed by atoms with E-state index in [4.69, 9.17) is 5.73 Å². The molecule has 1 amide bonds. The topological polar surface area (TPSA) is 68.0 Å². The first-order valence-electron chi connectivity index (χ1n) is 4.64. The van der Waals surface area contributed by atoms with Crippen LogP contribution >= 0.6 is 0 Å². The molecule has 0 radical (unpaired) electrons. The Labute approximate surface area is 83.5 Å². The second kappa shape index (κ2) is 5.21. The zero-order valence-electron chi connectivity index (χ0n) is 8.29. The van der Waals surface area contributed by atoms with Crippen LogP contribution in [0.3, 0.4) is 0 Å². The summed E-state index contributed by atoms with van der Waals surface area (Å²) in [5, 5.41) is 3.12. The Morgan fingerprint density at radius 1 is 1.57 bits per heavy atom. The Bertz CT molecular complexity index is 312. The summed E-state index contributed by atoms with van der Waals surface area (Å²) in [5.74, 6) is 0.582. The van der Waals surface area contributed by atoms with Gasteiger partial charge in [-0.05, 0) is 25.5 Å². The number of nitrogens with two attached hydrogens (primary N) is 1. The summed E-state index contributed by atoms with van der Waals surface area (Å²) in [6.45, 7) is 2.66. The molecule has 14 heavy (non-hydrogen) atoms. The van der Waals surface area contributed by atoms with Crippen LogP contribution < -0.4 is 11.1 Å². The van der Waals surface area contributed by atoms with Crippen molar-refractivity contribution in [2.75, 3.05) is 11.9 Å². The molecule has 1 rings (SSSR count). The number of pyridine rings is 1. The number of primary amides is 1. The molecule has 0 atom stereocenters. The fourth-order valence-corrected chi connectivity index (χ4v) is 1.12. The summed E-state index contributed by atoms with van der Waals surface area (Å²) >= 11 is 0. The third-order valence-corrected chi connectivity index (χ3v) is 1.79. The van der Waals surface area contributed by atoms with Crippen LogP contribution in [0.2, 0.25) is 0 Å². The third kappa shape index (κ3) is 3.89. The fraction of sp³-hybridized carbons (Fsp3) is 0.400. The highest BCUT2D eigenvalue weighted by atomic mass is 16.1. The van der Waals surface area contributed by atoms with E-state index in [0.29, 0.717) is 6.42 Å². The molecule has 0 bridgehead atoms. The van der Waals surface area contributed by atoms with Gasteiger partial charge in [0.2, 0.25) is 5.91 Å². The van der Waals surface area contributed by atoms with Crippen LogP contribution in [0.5, 0.6) is 0 Å². The Morgan fingerprint density at radius 3 is 3.00 bits per heavy atom. The predicted octanol–water partition coefficient (Wildman–Crippen LogP) is 1.07. The predicted molar refractivity (Wildman–Crippen MR) is 55.9 cm³/mol. The highest BCUT2D eigenvalue weighted by molar-refractivity contribution is 5.73. The smallest absolute Gasteiger partial charge is 0.217 e. The van der Waals surface area contributed by atoms with Crippen LogP contribution in [-0.2, 0) is 4.79 Å².